The molecule has 2 aromatic rings. The average Bonchev–Trinajstić information content (AvgIpc) is 2.61. The van der Waals surface area contributed by atoms with Crippen LogP contribution in [-0.2, 0) is 9.53 Å². The van der Waals surface area contributed by atoms with Crippen molar-refractivity contribution in [1.82, 2.24) is 4.90 Å². The van der Waals surface area contributed by atoms with Crippen LogP contribution in [0.25, 0.3) is 10.8 Å². The number of hydrogen-bond donors (Lipinski definition) is 1. The lowest BCUT2D eigenvalue weighted by Crippen LogP contribution is -2.45. The second kappa shape index (κ2) is 7.36. The highest BCUT2D eigenvalue weighted by molar-refractivity contribution is 6.02. The number of nitrogens with one attached hydrogen (secondary N) is 1. The van der Waals surface area contributed by atoms with E-state index in [0.717, 1.165) is 29.3 Å². The van der Waals surface area contributed by atoms with Crippen LogP contribution in [0.3, 0.4) is 0 Å². The molecule has 1 aliphatic rings. The Morgan fingerprint density at radius 3 is 2.62 bits per heavy atom. The molecule has 0 bridgehead atoms. The number of likely N-dealkylation sites (tertiary alicyclic amines) is 1. The molecule has 2 aromatic carbocycles. The van der Waals surface area contributed by atoms with Gasteiger partial charge in [-0.2, -0.15) is 0 Å². The first kappa shape index (κ1) is 18.2. The molecule has 138 valence electrons. The van der Waals surface area contributed by atoms with Gasteiger partial charge < -0.3 is 15.0 Å². The van der Waals surface area contributed by atoms with E-state index in [-0.39, 0.29) is 17.9 Å². The van der Waals surface area contributed by atoms with Gasteiger partial charge in [-0.3, -0.25) is 4.79 Å². The third-order valence-corrected chi connectivity index (χ3v) is 4.49. The number of anilines is 1. The van der Waals surface area contributed by atoms with E-state index in [1.807, 2.05) is 63.2 Å². The quantitative estimate of drug-likeness (QED) is 0.868. The second-order valence-electron chi connectivity index (χ2n) is 7.78. The topological polar surface area (TPSA) is 58.6 Å². The number of carbonyl (C=O) groups excluding carboxylic acids is 2. The van der Waals surface area contributed by atoms with Gasteiger partial charge in [0.1, 0.15) is 5.60 Å². The zero-order valence-corrected chi connectivity index (χ0v) is 15.6. The Bertz CT molecular complexity index is 805. The first-order valence-electron chi connectivity index (χ1n) is 9.10. The number of fused-ring (bicyclic) bond motifs is 1. The maximum absolute atomic E-state index is 12.8. The minimum absolute atomic E-state index is 0.0467. The number of nitrogens with zero attached hydrogens (tertiary/aromatic N) is 1. The van der Waals surface area contributed by atoms with Gasteiger partial charge in [0, 0.05) is 24.2 Å². The number of ether oxygens (including phenoxy) is 1. The lowest BCUT2D eigenvalue weighted by atomic mass is 9.97. The molecule has 1 unspecified atom stereocenters. The Labute approximate surface area is 154 Å². The second-order valence-corrected chi connectivity index (χ2v) is 7.78. The summed E-state index contributed by atoms with van der Waals surface area (Å²) in [6.45, 7) is 6.57. The average molecular weight is 354 g/mol. The Kier molecular flexibility index (Phi) is 5.16. The van der Waals surface area contributed by atoms with Crippen LogP contribution in [0.4, 0.5) is 10.5 Å². The number of amides is 2. The van der Waals surface area contributed by atoms with Gasteiger partial charge in [0.15, 0.2) is 0 Å². The molecule has 0 aromatic heterocycles. The molecule has 3 rings (SSSR count). The van der Waals surface area contributed by atoms with Crippen molar-refractivity contribution < 1.29 is 14.3 Å². The van der Waals surface area contributed by atoms with Crippen LogP contribution < -0.4 is 5.32 Å². The van der Waals surface area contributed by atoms with Crippen molar-refractivity contribution in [3.63, 3.8) is 0 Å². The van der Waals surface area contributed by atoms with E-state index in [1.54, 1.807) is 4.90 Å². The predicted molar refractivity (Wildman–Crippen MR) is 103 cm³/mol. The molecule has 1 N–H and O–H groups in total. The molecule has 1 heterocycles. The summed E-state index contributed by atoms with van der Waals surface area (Å²) in [5.41, 5.74) is 0.275. The summed E-state index contributed by atoms with van der Waals surface area (Å²) in [5, 5.41) is 5.15. The molecular weight excluding hydrogens is 328 g/mol. The fourth-order valence-electron chi connectivity index (χ4n) is 3.25. The largest absolute Gasteiger partial charge is 0.444 e. The molecule has 1 saturated heterocycles. The van der Waals surface area contributed by atoms with Gasteiger partial charge >= 0.3 is 6.09 Å². The summed E-state index contributed by atoms with van der Waals surface area (Å²) in [7, 11) is 0. The van der Waals surface area contributed by atoms with Crippen LogP contribution in [0.2, 0.25) is 0 Å². The molecule has 1 atom stereocenters. The molecule has 1 aliphatic heterocycles. The minimum atomic E-state index is -0.532. The van der Waals surface area contributed by atoms with Crippen LogP contribution in [0.1, 0.15) is 33.6 Å². The van der Waals surface area contributed by atoms with E-state index in [2.05, 4.69) is 5.32 Å². The number of rotatable bonds is 2. The predicted octanol–water partition coefficient (Wildman–Crippen LogP) is 4.43. The van der Waals surface area contributed by atoms with E-state index >= 15 is 0 Å². The third-order valence-electron chi connectivity index (χ3n) is 4.49. The highest BCUT2D eigenvalue weighted by Crippen LogP contribution is 2.25. The highest BCUT2D eigenvalue weighted by Gasteiger charge is 2.31. The zero-order chi connectivity index (χ0) is 18.7. The van der Waals surface area contributed by atoms with Crippen molar-refractivity contribution in [2.45, 2.75) is 39.2 Å². The summed E-state index contributed by atoms with van der Waals surface area (Å²) in [4.78, 5) is 26.7. The highest BCUT2D eigenvalue weighted by atomic mass is 16.6. The van der Waals surface area contributed by atoms with Crippen molar-refractivity contribution in [3.05, 3.63) is 42.5 Å². The molecule has 0 radical (unpaired) electrons. The van der Waals surface area contributed by atoms with Crippen LogP contribution >= 0.6 is 0 Å². The molecule has 0 saturated carbocycles. The van der Waals surface area contributed by atoms with Gasteiger partial charge in [-0.25, -0.2) is 4.79 Å². The molecule has 1 fully saturated rings. The summed E-state index contributed by atoms with van der Waals surface area (Å²) < 4.78 is 5.44. The Morgan fingerprint density at radius 1 is 1.12 bits per heavy atom. The summed E-state index contributed by atoms with van der Waals surface area (Å²) in [5.74, 6) is -0.273. The molecule has 2 amide bonds. The minimum Gasteiger partial charge on any atom is -0.444 e. The van der Waals surface area contributed by atoms with Crippen molar-refractivity contribution in [2.24, 2.45) is 5.92 Å². The zero-order valence-electron chi connectivity index (χ0n) is 15.6. The Morgan fingerprint density at radius 2 is 1.85 bits per heavy atom. The summed E-state index contributed by atoms with van der Waals surface area (Å²) in [6, 6.07) is 13.8. The van der Waals surface area contributed by atoms with Gasteiger partial charge in [0.05, 0.1) is 5.92 Å². The van der Waals surface area contributed by atoms with E-state index in [1.165, 1.54) is 0 Å². The normalized spacial score (nSPS) is 17.8. The molecule has 26 heavy (non-hydrogen) atoms. The number of hydrogen-bond acceptors (Lipinski definition) is 3. The maximum Gasteiger partial charge on any atom is 0.410 e. The lowest BCUT2D eigenvalue weighted by Gasteiger charge is -2.33. The SMILES string of the molecule is CC(C)(C)OC(=O)N1CCCC(C(=O)Nc2cccc3ccccc23)C1. The molecule has 5 heteroatoms. The van der Waals surface area contributed by atoms with Gasteiger partial charge in [-0.15, -0.1) is 0 Å². The van der Waals surface area contributed by atoms with Gasteiger partial charge in [0.2, 0.25) is 5.91 Å². The van der Waals surface area contributed by atoms with E-state index in [0.29, 0.717) is 13.1 Å². The summed E-state index contributed by atoms with van der Waals surface area (Å²) in [6.07, 6.45) is 1.23. The third kappa shape index (κ3) is 4.34. The monoisotopic (exact) mass is 354 g/mol. The molecule has 0 aliphatic carbocycles. The number of benzene rings is 2. The van der Waals surface area contributed by atoms with Gasteiger partial charge in [-0.05, 0) is 45.1 Å². The molecule has 5 nitrogen and oxygen atoms in total. The van der Waals surface area contributed by atoms with E-state index < -0.39 is 5.60 Å². The van der Waals surface area contributed by atoms with Crippen molar-refractivity contribution in [1.29, 1.82) is 0 Å². The van der Waals surface area contributed by atoms with Crippen molar-refractivity contribution in [2.75, 3.05) is 18.4 Å². The van der Waals surface area contributed by atoms with Gasteiger partial charge in [0.25, 0.3) is 0 Å². The van der Waals surface area contributed by atoms with Gasteiger partial charge in [-0.1, -0.05) is 36.4 Å². The fourth-order valence-corrected chi connectivity index (χ4v) is 3.25. The molecule has 0 spiro atoms. The van der Waals surface area contributed by atoms with Crippen LogP contribution in [0, 0.1) is 5.92 Å². The van der Waals surface area contributed by atoms with Crippen LogP contribution in [0.15, 0.2) is 42.5 Å². The lowest BCUT2D eigenvalue weighted by molar-refractivity contribution is -0.121. The summed E-state index contributed by atoms with van der Waals surface area (Å²) >= 11 is 0. The molecular formula is C21H26N2O3. The smallest absolute Gasteiger partial charge is 0.410 e. The van der Waals surface area contributed by atoms with E-state index in [9.17, 15) is 9.59 Å². The number of carbonyl (C=O) groups is 2. The fraction of sp³-hybridized carbons (Fsp3) is 0.429. The maximum atomic E-state index is 12.8. The van der Waals surface area contributed by atoms with Crippen LogP contribution in [-0.4, -0.2) is 35.6 Å². The standard InChI is InChI=1S/C21H26N2O3/c1-21(2,3)26-20(25)23-13-7-10-16(14-23)19(24)22-18-12-6-9-15-8-4-5-11-17(15)18/h4-6,8-9,11-12,16H,7,10,13-14H2,1-3H3,(H,22,24). The Balaban J connectivity index is 1.68. The number of piperidine rings is 1. The first-order chi connectivity index (χ1) is 12.3. The van der Waals surface area contributed by atoms with Crippen LogP contribution in [0.5, 0.6) is 0 Å². The first-order valence-corrected chi connectivity index (χ1v) is 9.10. The van der Waals surface area contributed by atoms with Crippen molar-refractivity contribution >= 4 is 28.5 Å². The Hall–Kier alpha value is -2.56. The van der Waals surface area contributed by atoms with E-state index in [4.69, 9.17) is 4.74 Å². The van der Waals surface area contributed by atoms with Crippen molar-refractivity contribution in [3.8, 4) is 0 Å².